The molecule has 0 aliphatic carbocycles. The second-order valence-electron chi connectivity index (χ2n) is 6.12. The number of nitrogen functional groups attached to an aromatic ring is 1. The van der Waals surface area contributed by atoms with E-state index in [1.54, 1.807) is 27.7 Å². The summed E-state index contributed by atoms with van der Waals surface area (Å²) in [5, 5.41) is 0. The molecule has 0 saturated heterocycles. The van der Waals surface area contributed by atoms with Crippen molar-refractivity contribution >= 4 is 11.7 Å². The molecule has 1 aromatic carbocycles. The van der Waals surface area contributed by atoms with Crippen LogP contribution < -0.4 is 16.2 Å². The normalized spacial score (nSPS) is 15.0. The van der Waals surface area contributed by atoms with Crippen LogP contribution in [0.5, 0.6) is 5.75 Å². The lowest BCUT2D eigenvalue weighted by Crippen LogP contribution is -2.48. The van der Waals surface area contributed by atoms with Gasteiger partial charge < -0.3 is 20.9 Å². The van der Waals surface area contributed by atoms with Crippen LogP contribution in [-0.4, -0.2) is 17.9 Å². The second kappa shape index (κ2) is 6.27. The Kier molecular flexibility index (Phi) is 5.20. The molecule has 8 heteroatoms. The van der Waals surface area contributed by atoms with Gasteiger partial charge in [0, 0.05) is 17.3 Å². The number of benzene rings is 1. The van der Waals surface area contributed by atoms with Crippen molar-refractivity contribution in [2.45, 2.75) is 51.6 Å². The van der Waals surface area contributed by atoms with Gasteiger partial charge in [0.1, 0.15) is 16.9 Å². The molecule has 4 N–H and O–H groups in total. The number of halogens is 3. The number of anilines is 1. The van der Waals surface area contributed by atoms with Crippen LogP contribution in [-0.2, 0) is 15.1 Å². The smallest absolute Gasteiger partial charge is 0.458 e. The first-order chi connectivity index (χ1) is 10.3. The highest BCUT2D eigenvalue weighted by molar-refractivity contribution is 5.85. The number of nitrogens with two attached hydrogens (primary N) is 2. The van der Waals surface area contributed by atoms with E-state index < -0.39 is 29.2 Å². The molecule has 1 atom stereocenters. The van der Waals surface area contributed by atoms with Crippen LogP contribution in [0.3, 0.4) is 0 Å². The summed E-state index contributed by atoms with van der Waals surface area (Å²) < 4.78 is 45.7. The average Bonchev–Trinajstić information content (AvgIpc) is 2.33. The lowest BCUT2D eigenvalue weighted by Gasteiger charge is -2.31. The Morgan fingerprint density at radius 3 is 2.17 bits per heavy atom. The van der Waals surface area contributed by atoms with Gasteiger partial charge >= 0.3 is 12.3 Å². The zero-order valence-electron chi connectivity index (χ0n) is 13.5. The van der Waals surface area contributed by atoms with Gasteiger partial charge in [-0.2, -0.15) is 0 Å². The fourth-order valence-electron chi connectivity index (χ4n) is 1.96. The first kappa shape index (κ1) is 19.1. The van der Waals surface area contributed by atoms with E-state index in [1.807, 2.05) is 0 Å². The molecule has 1 unspecified atom stereocenters. The van der Waals surface area contributed by atoms with E-state index in [-0.39, 0.29) is 17.7 Å². The van der Waals surface area contributed by atoms with Crippen molar-refractivity contribution in [1.29, 1.82) is 0 Å². The van der Waals surface area contributed by atoms with Crippen LogP contribution in [0, 0.1) is 0 Å². The third-order valence-corrected chi connectivity index (χ3v) is 3.06. The quantitative estimate of drug-likeness (QED) is 0.653. The van der Waals surface area contributed by atoms with Gasteiger partial charge in [-0.3, -0.25) is 0 Å². The summed E-state index contributed by atoms with van der Waals surface area (Å²) in [5.41, 5.74) is 9.68. The minimum Gasteiger partial charge on any atom is -0.458 e. The average molecular weight is 334 g/mol. The SMILES string of the molecule is CCC(N)(C(=O)OC(C)(C)C)c1ccc(OC(F)(F)F)cc1N. The van der Waals surface area contributed by atoms with E-state index in [1.165, 1.54) is 6.07 Å². The van der Waals surface area contributed by atoms with Crippen LogP contribution in [0.2, 0.25) is 0 Å². The van der Waals surface area contributed by atoms with Gasteiger partial charge in [-0.25, -0.2) is 4.79 Å². The maximum absolute atomic E-state index is 12.4. The summed E-state index contributed by atoms with van der Waals surface area (Å²) in [7, 11) is 0. The van der Waals surface area contributed by atoms with E-state index in [0.717, 1.165) is 12.1 Å². The molecule has 0 spiro atoms. The van der Waals surface area contributed by atoms with Gasteiger partial charge in [0.15, 0.2) is 0 Å². The third-order valence-electron chi connectivity index (χ3n) is 3.06. The summed E-state index contributed by atoms with van der Waals surface area (Å²) in [6.45, 7) is 6.71. The van der Waals surface area contributed by atoms with Crippen molar-refractivity contribution < 1.29 is 27.4 Å². The number of carbonyl (C=O) groups excluding carboxylic acids is 1. The van der Waals surface area contributed by atoms with Crippen molar-refractivity contribution in [2.24, 2.45) is 5.73 Å². The fraction of sp³-hybridized carbons (Fsp3) is 0.533. The number of carbonyl (C=O) groups is 1. The number of ether oxygens (including phenoxy) is 2. The fourth-order valence-corrected chi connectivity index (χ4v) is 1.96. The van der Waals surface area contributed by atoms with Crippen LogP contribution >= 0.6 is 0 Å². The van der Waals surface area contributed by atoms with Crippen LogP contribution in [0.4, 0.5) is 18.9 Å². The Bertz CT molecular complexity index is 582. The topological polar surface area (TPSA) is 87.6 Å². The largest absolute Gasteiger partial charge is 0.573 e. The van der Waals surface area contributed by atoms with Gasteiger partial charge in [-0.1, -0.05) is 13.0 Å². The van der Waals surface area contributed by atoms with E-state index >= 15 is 0 Å². The third kappa shape index (κ3) is 5.02. The van der Waals surface area contributed by atoms with Crippen molar-refractivity contribution in [3.05, 3.63) is 23.8 Å². The van der Waals surface area contributed by atoms with Crippen molar-refractivity contribution in [3.63, 3.8) is 0 Å². The molecule has 0 radical (unpaired) electrons. The molecular weight excluding hydrogens is 313 g/mol. The number of hydrogen-bond donors (Lipinski definition) is 2. The van der Waals surface area contributed by atoms with Crippen molar-refractivity contribution in [3.8, 4) is 5.75 Å². The lowest BCUT2D eigenvalue weighted by atomic mass is 9.87. The summed E-state index contributed by atoms with van der Waals surface area (Å²) in [6, 6.07) is 3.27. The predicted octanol–water partition coefficient (Wildman–Crippen LogP) is 3.07. The highest BCUT2D eigenvalue weighted by atomic mass is 19.4. The van der Waals surface area contributed by atoms with E-state index in [2.05, 4.69) is 4.74 Å². The highest BCUT2D eigenvalue weighted by Gasteiger charge is 2.40. The molecule has 130 valence electrons. The maximum atomic E-state index is 12.4. The number of hydrogen-bond acceptors (Lipinski definition) is 5. The summed E-state index contributed by atoms with van der Waals surface area (Å²) in [4.78, 5) is 12.4. The molecule has 0 saturated carbocycles. The highest BCUT2D eigenvalue weighted by Crippen LogP contribution is 2.34. The first-order valence-corrected chi connectivity index (χ1v) is 6.96. The van der Waals surface area contributed by atoms with Crippen LogP contribution in [0.15, 0.2) is 18.2 Å². The Balaban J connectivity index is 3.18. The molecule has 0 aliphatic heterocycles. The lowest BCUT2D eigenvalue weighted by molar-refractivity contribution is -0.274. The van der Waals surface area contributed by atoms with Gasteiger partial charge in [-0.15, -0.1) is 13.2 Å². The molecule has 0 fully saturated rings. The van der Waals surface area contributed by atoms with E-state index in [0.29, 0.717) is 0 Å². The zero-order valence-corrected chi connectivity index (χ0v) is 13.5. The maximum Gasteiger partial charge on any atom is 0.573 e. The van der Waals surface area contributed by atoms with Gasteiger partial charge in [-0.05, 0) is 33.3 Å². The minimum atomic E-state index is -4.83. The number of esters is 1. The van der Waals surface area contributed by atoms with Crippen molar-refractivity contribution in [1.82, 2.24) is 0 Å². The Morgan fingerprint density at radius 2 is 1.78 bits per heavy atom. The summed E-state index contributed by atoms with van der Waals surface area (Å²) >= 11 is 0. The Labute approximate surface area is 132 Å². The van der Waals surface area contributed by atoms with Crippen LogP contribution in [0.25, 0.3) is 0 Å². The van der Waals surface area contributed by atoms with Gasteiger partial charge in [0.05, 0.1) is 0 Å². The zero-order chi connectivity index (χ0) is 18.1. The summed E-state index contributed by atoms with van der Waals surface area (Å²) in [5.74, 6) is -1.19. The number of alkyl halides is 3. The second-order valence-corrected chi connectivity index (χ2v) is 6.12. The molecule has 1 aromatic rings. The standard InChI is InChI=1S/C15H21F3N2O3/c1-5-14(20,12(21)23-13(2,3)4)10-7-6-9(8-11(10)19)22-15(16,17)18/h6-8H,5,19-20H2,1-4H3. The van der Waals surface area contributed by atoms with Gasteiger partial charge in [0.25, 0.3) is 0 Å². The molecule has 1 rings (SSSR count). The Hall–Kier alpha value is -1.96. The molecule has 0 aromatic heterocycles. The monoisotopic (exact) mass is 334 g/mol. The van der Waals surface area contributed by atoms with Crippen LogP contribution in [0.1, 0.15) is 39.7 Å². The number of rotatable bonds is 4. The van der Waals surface area contributed by atoms with Gasteiger partial charge in [0.2, 0.25) is 0 Å². The summed E-state index contributed by atoms with van der Waals surface area (Å²) in [6.07, 6.45) is -4.67. The molecule has 0 aliphatic rings. The molecule has 0 heterocycles. The molecular formula is C15H21F3N2O3. The predicted molar refractivity (Wildman–Crippen MR) is 79.5 cm³/mol. The van der Waals surface area contributed by atoms with E-state index in [4.69, 9.17) is 16.2 Å². The Morgan fingerprint density at radius 1 is 1.22 bits per heavy atom. The molecule has 23 heavy (non-hydrogen) atoms. The van der Waals surface area contributed by atoms with Crippen molar-refractivity contribution in [2.75, 3.05) is 5.73 Å². The first-order valence-electron chi connectivity index (χ1n) is 6.96. The molecule has 0 amide bonds. The molecule has 0 bridgehead atoms. The minimum absolute atomic E-state index is 0.0815. The van der Waals surface area contributed by atoms with E-state index in [9.17, 15) is 18.0 Å². The molecule has 5 nitrogen and oxygen atoms in total.